The fraction of sp³-hybridized carbons (Fsp3) is 0.556. The molecule has 0 bridgehead atoms. The summed E-state index contributed by atoms with van der Waals surface area (Å²) in [5.41, 5.74) is 6.11. The maximum Gasteiger partial charge on any atom is 0.243 e. The van der Waals surface area contributed by atoms with Crippen LogP contribution in [-0.2, 0) is 54.4 Å². The van der Waals surface area contributed by atoms with Crippen LogP contribution in [0.4, 0.5) is 0 Å². The lowest BCUT2D eigenvalue weighted by Crippen LogP contribution is -2.57. The summed E-state index contributed by atoms with van der Waals surface area (Å²) < 4.78 is 0. The van der Waals surface area contributed by atoms with E-state index in [-0.39, 0.29) is 70.5 Å². The zero-order chi connectivity index (χ0) is 42.0. The van der Waals surface area contributed by atoms with Crippen LogP contribution >= 0.6 is 0 Å². The van der Waals surface area contributed by atoms with Crippen molar-refractivity contribution in [3.05, 3.63) is 35.9 Å². The van der Waals surface area contributed by atoms with Gasteiger partial charge in [0.1, 0.15) is 30.5 Å². The van der Waals surface area contributed by atoms with E-state index in [1.54, 1.807) is 44.3 Å². The van der Waals surface area contributed by atoms with Crippen molar-refractivity contribution >= 4 is 59.5 Å². The van der Waals surface area contributed by atoms with Crippen molar-refractivity contribution in [1.82, 2.24) is 47.9 Å². The van der Waals surface area contributed by atoms with Crippen LogP contribution in [0.2, 0.25) is 0 Å². The highest BCUT2D eigenvalue weighted by Gasteiger charge is 2.30. The molecule has 56 heavy (non-hydrogen) atoms. The molecular formula is C36H56N10O10. The fourth-order valence-corrected chi connectivity index (χ4v) is 5.04. The van der Waals surface area contributed by atoms with Gasteiger partial charge in [0.05, 0.1) is 19.1 Å². The van der Waals surface area contributed by atoms with Crippen molar-refractivity contribution in [2.24, 2.45) is 5.73 Å². The van der Waals surface area contributed by atoms with Crippen LogP contribution < -0.4 is 53.6 Å². The molecule has 310 valence electrons. The van der Waals surface area contributed by atoms with E-state index in [2.05, 4.69) is 47.9 Å². The molecule has 0 aromatic heterocycles. The summed E-state index contributed by atoms with van der Waals surface area (Å²) >= 11 is 0. The molecule has 0 saturated heterocycles. The Morgan fingerprint density at radius 1 is 0.643 bits per heavy atom. The monoisotopic (exact) mass is 788 g/mol. The second kappa shape index (κ2) is 26.8. The van der Waals surface area contributed by atoms with E-state index in [0.717, 1.165) is 0 Å². The van der Waals surface area contributed by atoms with Crippen LogP contribution in [0.15, 0.2) is 30.3 Å². The Bertz CT molecular complexity index is 1510. The summed E-state index contributed by atoms with van der Waals surface area (Å²) in [6.45, 7) is 3.58. The lowest BCUT2D eigenvalue weighted by atomic mass is 10.0. The third-order valence-electron chi connectivity index (χ3n) is 8.24. The van der Waals surface area contributed by atoms with Gasteiger partial charge in [-0.1, -0.05) is 30.3 Å². The minimum Gasteiger partial charge on any atom is -0.368 e. The van der Waals surface area contributed by atoms with E-state index < -0.39 is 84.0 Å². The molecule has 0 fully saturated rings. The van der Waals surface area contributed by atoms with Crippen LogP contribution in [0.3, 0.4) is 0 Å². The van der Waals surface area contributed by atoms with E-state index in [0.29, 0.717) is 11.8 Å². The van der Waals surface area contributed by atoms with E-state index in [9.17, 15) is 47.9 Å². The predicted octanol–water partition coefficient (Wildman–Crippen LogP) is -3.69. The van der Waals surface area contributed by atoms with Gasteiger partial charge in [-0.2, -0.15) is 0 Å². The number of hydrogen-bond acceptors (Lipinski definition) is 11. The zero-order valence-corrected chi connectivity index (χ0v) is 32.3. The Balaban J connectivity index is 3.12. The molecule has 20 nitrogen and oxygen atoms in total. The number of carbonyl (C=O) groups excluding carboxylic acids is 10. The molecule has 0 radical (unpaired) electrons. The molecule has 0 aliphatic carbocycles. The lowest BCUT2D eigenvalue weighted by Gasteiger charge is -2.25. The summed E-state index contributed by atoms with van der Waals surface area (Å²) in [7, 11) is 1.58. The topological polar surface area (TPSA) is 305 Å². The molecule has 0 saturated carbocycles. The van der Waals surface area contributed by atoms with Gasteiger partial charge in [0.15, 0.2) is 0 Å². The van der Waals surface area contributed by atoms with Crippen LogP contribution in [-0.4, -0.2) is 123 Å². The summed E-state index contributed by atoms with van der Waals surface area (Å²) in [5, 5.41) is 23.0. The molecule has 0 heterocycles. The van der Waals surface area contributed by atoms with Gasteiger partial charge in [0.25, 0.3) is 0 Å². The highest BCUT2D eigenvalue weighted by Crippen LogP contribution is 2.07. The summed E-state index contributed by atoms with van der Waals surface area (Å²) in [6, 6.07) is 3.42. The van der Waals surface area contributed by atoms with Gasteiger partial charge in [-0.05, 0) is 51.6 Å². The van der Waals surface area contributed by atoms with Crippen molar-refractivity contribution in [2.75, 3.05) is 33.2 Å². The Kier molecular flexibility index (Phi) is 23.0. The Morgan fingerprint density at radius 2 is 1.20 bits per heavy atom. The van der Waals surface area contributed by atoms with Crippen LogP contribution in [0, 0.1) is 0 Å². The Morgan fingerprint density at radius 3 is 1.77 bits per heavy atom. The molecular weight excluding hydrogens is 732 g/mol. The zero-order valence-electron chi connectivity index (χ0n) is 32.3. The molecule has 0 aliphatic heterocycles. The van der Waals surface area contributed by atoms with Gasteiger partial charge in [-0.3, -0.25) is 43.2 Å². The number of hydrogen-bond donors (Lipinski definition) is 10. The van der Waals surface area contributed by atoms with Gasteiger partial charge >= 0.3 is 0 Å². The highest BCUT2D eigenvalue weighted by atomic mass is 16.2. The molecule has 0 aliphatic rings. The second-order valence-electron chi connectivity index (χ2n) is 12.9. The first-order chi connectivity index (χ1) is 26.6. The summed E-state index contributed by atoms with van der Waals surface area (Å²) in [6.07, 6.45) is 0.624. The average molecular weight is 789 g/mol. The van der Waals surface area contributed by atoms with Gasteiger partial charge in [0, 0.05) is 39.8 Å². The first-order valence-corrected chi connectivity index (χ1v) is 18.3. The van der Waals surface area contributed by atoms with Crippen molar-refractivity contribution in [2.45, 2.75) is 95.9 Å². The van der Waals surface area contributed by atoms with Crippen LogP contribution in [0.1, 0.15) is 64.9 Å². The summed E-state index contributed by atoms with van der Waals surface area (Å²) in [5.74, 6) is -5.53. The third-order valence-corrected chi connectivity index (χ3v) is 8.24. The number of rotatable bonds is 27. The summed E-state index contributed by atoms with van der Waals surface area (Å²) in [4.78, 5) is 124. The van der Waals surface area contributed by atoms with E-state index in [4.69, 9.17) is 5.73 Å². The number of nitrogens with one attached hydrogen (secondary N) is 9. The molecule has 9 amide bonds. The SMILES string of the molecule is CN[C@@H](C)C(=O)NC(CCCNC(=O)CCC(NC(=O)CNC(C)=O)C(=O)N[C@@H](CCCNC(C)=O)C(=O)NC(Cc1ccccc1)C(=O)NCC=O)C(N)=O. The van der Waals surface area contributed by atoms with Crippen molar-refractivity contribution in [1.29, 1.82) is 0 Å². The first kappa shape index (κ1) is 48.1. The molecule has 20 heteroatoms. The van der Waals surface area contributed by atoms with E-state index in [1.807, 2.05) is 0 Å². The number of benzene rings is 1. The normalized spacial score (nSPS) is 13.2. The second-order valence-corrected chi connectivity index (χ2v) is 12.9. The van der Waals surface area contributed by atoms with Gasteiger partial charge in [-0.15, -0.1) is 0 Å². The average Bonchev–Trinajstić information content (AvgIpc) is 3.16. The molecule has 3 unspecified atom stereocenters. The number of likely N-dealkylation sites (N-methyl/N-ethyl adjacent to an activating group) is 1. The van der Waals surface area contributed by atoms with Gasteiger partial charge < -0.3 is 58.4 Å². The first-order valence-electron chi connectivity index (χ1n) is 18.3. The van der Waals surface area contributed by atoms with Gasteiger partial charge in [-0.25, -0.2) is 0 Å². The van der Waals surface area contributed by atoms with Crippen molar-refractivity contribution in [3.63, 3.8) is 0 Å². The predicted molar refractivity (Wildman–Crippen MR) is 203 cm³/mol. The maximum atomic E-state index is 13.7. The smallest absolute Gasteiger partial charge is 0.243 e. The molecule has 11 N–H and O–H groups in total. The fourth-order valence-electron chi connectivity index (χ4n) is 5.04. The number of carbonyl (C=O) groups is 10. The number of aldehydes is 1. The quantitative estimate of drug-likeness (QED) is 0.0306. The maximum absolute atomic E-state index is 13.7. The van der Waals surface area contributed by atoms with Crippen molar-refractivity contribution < 1.29 is 47.9 Å². The highest BCUT2D eigenvalue weighted by molar-refractivity contribution is 5.95. The van der Waals surface area contributed by atoms with Crippen LogP contribution in [0.5, 0.6) is 0 Å². The minimum atomic E-state index is -1.37. The van der Waals surface area contributed by atoms with Gasteiger partial charge in [0.2, 0.25) is 53.2 Å². The lowest BCUT2D eigenvalue weighted by molar-refractivity contribution is -0.134. The van der Waals surface area contributed by atoms with E-state index in [1.165, 1.54) is 13.8 Å². The number of nitrogens with two attached hydrogens (primary N) is 1. The third kappa shape index (κ3) is 20.5. The Hall–Kier alpha value is -5.92. The molecule has 0 spiro atoms. The molecule has 1 aromatic carbocycles. The standard InChI is InChI=1S/C36H56N10O10/c1-22(38-4)33(53)44-26(32(37)52)12-8-17-40-30(50)15-14-28(43-31(51)21-42-24(3)49)36(56)45-27(13-9-16-39-23(2)48)35(55)46-29(34(54)41-18-19-47)20-25-10-6-5-7-11-25/h5-7,10-11,19,22,26-29,38H,8-9,12-18,20-21H2,1-4H3,(H2,37,52)(H,39,48)(H,40,50)(H,41,54)(H,42,49)(H,43,51)(H,44,53)(H,45,56)(H,46,55)/t22-,26?,27-,28?,29?/m0/s1. The number of amides is 9. The molecule has 1 rings (SSSR count). The molecule has 1 aromatic rings. The van der Waals surface area contributed by atoms with E-state index >= 15 is 0 Å². The molecule has 5 atom stereocenters. The Labute approximate surface area is 325 Å². The van der Waals surface area contributed by atoms with Crippen molar-refractivity contribution in [3.8, 4) is 0 Å². The number of primary amides is 1. The van der Waals surface area contributed by atoms with Crippen LogP contribution in [0.25, 0.3) is 0 Å². The minimum absolute atomic E-state index is 0.0144. The largest absolute Gasteiger partial charge is 0.368 e.